The maximum absolute atomic E-state index is 5.83. The monoisotopic (exact) mass is 504 g/mol. The summed E-state index contributed by atoms with van der Waals surface area (Å²) < 4.78 is 2.00. The van der Waals surface area contributed by atoms with Crippen molar-refractivity contribution >= 4 is 12.0 Å². The van der Waals surface area contributed by atoms with Crippen molar-refractivity contribution in [2.45, 2.75) is 65.8 Å². The molecule has 1 aliphatic carbocycles. The summed E-state index contributed by atoms with van der Waals surface area (Å²) in [6, 6.07) is 8.45. The van der Waals surface area contributed by atoms with E-state index in [1.807, 2.05) is 18.8 Å². The molecule has 3 rings (SSSR count). The van der Waals surface area contributed by atoms with Crippen molar-refractivity contribution in [3.05, 3.63) is 59.3 Å². The number of allylic oxidation sites excluding steroid dienone is 4. The summed E-state index contributed by atoms with van der Waals surface area (Å²) >= 11 is 0. The van der Waals surface area contributed by atoms with E-state index in [0.29, 0.717) is 18.4 Å². The average Bonchev–Trinajstić information content (AvgIpc) is 3.20. The van der Waals surface area contributed by atoms with Crippen molar-refractivity contribution in [1.29, 1.82) is 0 Å². The Bertz CT molecular complexity index is 1080. The standard InChI is InChI=1S/C31H48N6/c1-23-9-13-26(14-10-23)24(2)8-7-17-31(3,18-19-33-4)20-28-29(35-22-34-5)30(37(6)36-28)27-15-11-25(21-32)12-16-27/h9,11-16,22-24,33H,7-8,10,17-21,32H2,1-6H3,(H,34,35). The first-order chi connectivity index (χ1) is 17.8. The van der Waals surface area contributed by atoms with Gasteiger partial charge in [-0.05, 0) is 74.1 Å². The third-order valence-electron chi connectivity index (χ3n) is 7.82. The van der Waals surface area contributed by atoms with Crippen molar-refractivity contribution in [1.82, 2.24) is 15.1 Å². The molecule has 0 spiro atoms. The Morgan fingerprint density at radius 3 is 2.65 bits per heavy atom. The minimum atomic E-state index is 0.142. The van der Waals surface area contributed by atoms with Gasteiger partial charge in [-0.15, -0.1) is 0 Å². The molecule has 0 saturated carbocycles. The van der Waals surface area contributed by atoms with E-state index in [9.17, 15) is 0 Å². The molecule has 37 heavy (non-hydrogen) atoms. The highest BCUT2D eigenvalue weighted by molar-refractivity contribution is 5.86. The lowest BCUT2D eigenvalue weighted by molar-refractivity contribution is 0.252. The molecule has 3 atom stereocenters. The fraction of sp³-hybridized carbons (Fsp3) is 0.548. The zero-order valence-corrected chi connectivity index (χ0v) is 23.8. The van der Waals surface area contributed by atoms with Crippen LogP contribution in [0.2, 0.25) is 0 Å². The van der Waals surface area contributed by atoms with Gasteiger partial charge in [-0.3, -0.25) is 9.67 Å². The Balaban J connectivity index is 1.81. The quantitative estimate of drug-likeness (QED) is 0.214. The highest BCUT2D eigenvalue weighted by Crippen LogP contribution is 2.39. The van der Waals surface area contributed by atoms with Gasteiger partial charge in [0.15, 0.2) is 0 Å². The molecule has 4 N–H and O–H groups in total. The van der Waals surface area contributed by atoms with Gasteiger partial charge in [0.25, 0.3) is 0 Å². The normalized spacial score (nSPS) is 18.1. The van der Waals surface area contributed by atoms with Gasteiger partial charge < -0.3 is 16.4 Å². The molecule has 3 unspecified atom stereocenters. The first-order valence-corrected chi connectivity index (χ1v) is 13.9. The third-order valence-corrected chi connectivity index (χ3v) is 7.82. The summed E-state index contributed by atoms with van der Waals surface area (Å²) in [7, 11) is 5.86. The number of nitrogens with two attached hydrogens (primary N) is 1. The van der Waals surface area contributed by atoms with E-state index in [4.69, 9.17) is 10.8 Å². The molecule has 0 fully saturated rings. The molecule has 1 heterocycles. The molecular weight excluding hydrogens is 456 g/mol. The number of rotatable bonds is 14. The highest BCUT2D eigenvalue weighted by Gasteiger charge is 2.29. The van der Waals surface area contributed by atoms with Gasteiger partial charge in [-0.1, -0.05) is 69.7 Å². The highest BCUT2D eigenvalue weighted by atomic mass is 15.3. The molecule has 1 aliphatic rings. The number of hydrogen-bond acceptors (Lipinski definition) is 4. The number of anilines is 1. The predicted octanol–water partition coefficient (Wildman–Crippen LogP) is 6.10. The Morgan fingerprint density at radius 1 is 1.27 bits per heavy atom. The Hall–Kier alpha value is -2.70. The first kappa shape index (κ1) is 28.9. The summed E-state index contributed by atoms with van der Waals surface area (Å²) in [5.41, 5.74) is 12.9. The number of nitrogens with zero attached hydrogens (tertiary/aromatic N) is 3. The van der Waals surface area contributed by atoms with Gasteiger partial charge in [-0.25, -0.2) is 0 Å². The van der Waals surface area contributed by atoms with E-state index in [1.54, 1.807) is 13.4 Å². The second-order valence-electron chi connectivity index (χ2n) is 11.1. The van der Waals surface area contributed by atoms with Gasteiger partial charge in [0, 0.05) is 26.2 Å². The lowest BCUT2D eigenvalue weighted by Gasteiger charge is -2.30. The summed E-state index contributed by atoms with van der Waals surface area (Å²) in [5, 5.41) is 11.9. The van der Waals surface area contributed by atoms with Gasteiger partial charge in [0.05, 0.1) is 23.4 Å². The second-order valence-corrected chi connectivity index (χ2v) is 11.1. The largest absolute Gasteiger partial charge is 0.343 e. The molecule has 2 aromatic rings. The lowest BCUT2D eigenvalue weighted by atomic mass is 9.76. The van der Waals surface area contributed by atoms with E-state index < -0.39 is 0 Å². The number of benzene rings is 1. The van der Waals surface area contributed by atoms with E-state index in [0.717, 1.165) is 47.6 Å². The van der Waals surface area contributed by atoms with Gasteiger partial charge in [0.2, 0.25) is 0 Å². The molecule has 0 radical (unpaired) electrons. The topological polar surface area (TPSA) is 80.3 Å². The van der Waals surface area contributed by atoms with E-state index >= 15 is 0 Å². The van der Waals surface area contributed by atoms with Crippen LogP contribution in [0.1, 0.15) is 64.1 Å². The zero-order chi connectivity index (χ0) is 26.8. The molecular formula is C31H48N6. The summed E-state index contributed by atoms with van der Waals surface area (Å²) in [6.07, 6.45) is 15.7. The third kappa shape index (κ3) is 7.89. The molecule has 0 saturated heterocycles. The van der Waals surface area contributed by atoms with Crippen molar-refractivity contribution in [3.8, 4) is 11.3 Å². The summed E-state index contributed by atoms with van der Waals surface area (Å²) in [4.78, 5) is 4.20. The zero-order valence-electron chi connectivity index (χ0n) is 23.8. The number of nitrogens with one attached hydrogen (secondary N) is 2. The van der Waals surface area contributed by atoms with Crippen LogP contribution in [0.15, 0.2) is 53.1 Å². The van der Waals surface area contributed by atoms with E-state index in [2.05, 4.69) is 78.9 Å². The summed E-state index contributed by atoms with van der Waals surface area (Å²) in [6.45, 7) is 8.63. The molecule has 1 aromatic heterocycles. The number of aryl methyl sites for hydroxylation is 1. The predicted molar refractivity (Wildman–Crippen MR) is 159 cm³/mol. The SMILES string of the molecule is CN=CNc1c(CC(C)(CCCC(C)C2=CCC(C)C=C2)CCNC)nn(C)c1-c1ccc(CN)cc1. The second kappa shape index (κ2) is 13.7. The first-order valence-electron chi connectivity index (χ1n) is 13.9. The van der Waals surface area contributed by atoms with Crippen molar-refractivity contribution in [2.24, 2.45) is 35.0 Å². The molecule has 202 valence electrons. The van der Waals surface area contributed by atoms with Gasteiger partial charge >= 0.3 is 0 Å². The van der Waals surface area contributed by atoms with Crippen LogP contribution >= 0.6 is 0 Å². The van der Waals surface area contributed by atoms with Crippen LogP contribution in [0.4, 0.5) is 5.69 Å². The van der Waals surface area contributed by atoms with Crippen LogP contribution < -0.4 is 16.4 Å². The average molecular weight is 505 g/mol. The number of aromatic nitrogens is 2. The van der Waals surface area contributed by atoms with Crippen molar-refractivity contribution < 1.29 is 0 Å². The smallest absolute Gasteiger partial charge is 0.0917 e. The van der Waals surface area contributed by atoms with E-state index in [-0.39, 0.29) is 5.41 Å². The van der Waals surface area contributed by atoms with Crippen LogP contribution in [0.25, 0.3) is 11.3 Å². The van der Waals surface area contributed by atoms with Crippen LogP contribution in [0, 0.1) is 17.3 Å². The van der Waals surface area contributed by atoms with Crippen molar-refractivity contribution in [3.63, 3.8) is 0 Å². The van der Waals surface area contributed by atoms with Crippen molar-refractivity contribution in [2.75, 3.05) is 26.0 Å². The Morgan fingerprint density at radius 2 is 2.03 bits per heavy atom. The molecule has 0 aliphatic heterocycles. The molecule has 6 heteroatoms. The van der Waals surface area contributed by atoms with Gasteiger partial charge in [0.1, 0.15) is 0 Å². The van der Waals surface area contributed by atoms with Crippen LogP contribution in [0.3, 0.4) is 0 Å². The Kier molecular flexibility index (Phi) is 10.7. The van der Waals surface area contributed by atoms with Crippen LogP contribution in [-0.4, -0.2) is 36.8 Å². The molecule has 1 aromatic carbocycles. The fourth-order valence-corrected chi connectivity index (χ4v) is 5.36. The molecule has 6 nitrogen and oxygen atoms in total. The summed E-state index contributed by atoms with van der Waals surface area (Å²) in [5.74, 6) is 1.27. The lowest BCUT2D eigenvalue weighted by Crippen LogP contribution is -2.26. The maximum atomic E-state index is 5.83. The van der Waals surface area contributed by atoms with E-state index in [1.165, 1.54) is 31.3 Å². The van der Waals surface area contributed by atoms with Crippen LogP contribution in [-0.2, 0) is 20.0 Å². The minimum absolute atomic E-state index is 0.142. The number of aliphatic imine (C=N–C) groups is 1. The van der Waals surface area contributed by atoms with Crippen LogP contribution in [0.5, 0.6) is 0 Å². The molecule has 0 bridgehead atoms. The molecule has 0 amide bonds. The Labute approximate surface area is 224 Å². The van der Waals surface area contributed by atoms with Gasteiger partial charge in [-0.2, -0.15) is 5.10 Å². The fourth-order valence-electron chi connectivity index (χ4n) is 5.36. The number of hydrogen-bond donors (Lipinski definition) is 3. The maximum Gasteiger partial charge on any atom is 0.0917 e. The minimum Gasteiger partial charge on any atom is -0.343 e.